The zero-order valence-corrected chi connectivity index (χ0v) is 11.3. The first-order valence-electron chi connectivity index (χ1n) is 5.66. The van der Waals surface area contributed by atoms with Crippen LogP contribution in [0.2, 0.25) is 0 Å². The van der Waals surface area contributed by atoms with Crippen LogP contribution in [0.3, 0.4) is 0 Å². The standard InChI is InChI=1S/C10H23N3O2S/c1-12-5-6-13(2)10(9-12)8-11-4-7-16(3,14)15/h10-11H,4-9H2,1-3H3. The summed E-state index contributed by atoms with van der Waals surface area (Å²) in [5, 5.41) is 3.22. The maximum Gasteiger partial charge on any atom is 0.148 e. The SMILES string of the molecule is CN1CCN(C)C(CNCCS(C)(=O)=O)C1. The average molecular weight is 249 g/mol. The predicted octanol–water partition coefficient (Wildman–Crippen LogP) is -1.13. The lowest BCUT2D eigenvalue weighted by atomic mass is 10.2. The van der Waals surface area contributed by atoms with Crippen LogP contribution in [-0.2, 0) is 9.84 Å². The second kappa shape index (κ2) is 5.95. The highest BCUT2D eigenvalue weighted by molar-refractivity contribution is 7.90. The highest BCUT2D eigenvalue weighted by Gasteiger charge is 2.21. The highest BCUT2D eigenvalue weighted by atomic mass is 32.2. The molecule has 0 aromatic heterocycles. The van der Waals surface area contributed by atoms with Gasteiger partial charge in [-0.25, -0.2) is 8.42 Å². The number of likely N-dealkylation sites (N-methyl/N-ethyl adjacent to an activating group) is 2. The Morgan fingerprint density at radius 3 is 2.62 bits per heavy atom. The summed E-state index contributed by atoms with van der Waals surface area (Å²) < 4.78 is 21.9. The lowest BCUT2D eigenvalue weighted by Crippen LogP contribution is -2.54. The van der Waals surface area contributed by atoms with E-state index in [-0.39, 0.29) is 5.75 Å². The fourth-order valence-corrected chi connectivity index (χ4v) is 2.36. The second-order valence-corrected chi connectivity index (χ2v) is 6.99. The minimum absolute atomic E-state index is 0.222. The molecule has 1 N–H and O–H groups in total. The first-order valence-corrected chi connectivity index (χ1v) is 7.72. The summed E-state index contributed by atoms with van der Waals surface area (Å²) in [6, 6.07) is 0.485. The van der Waals surface area contributed by atoms with Gasteiger partial charge >= 0.3 is 0 Å². The van der Waals surface area contributed by atoms with Gasteiger partial charge in [-0.15, -0.1) is 0 Å². The van der Waals surface area contributed by atoms with E-state index < -0.39 is 9.84 Å². The van der Waals surface area contributed by atoms with Gasteiger partial charge in [-0.3, -0.25) is 4.90 Å². The normalized spacial score (nSPS) is 24.8. The lowest BCUT2D eigenvalue weighted by Gasteiger charge is -2.37. The Bertz CT molecular complexity index is 305. The Labute approximate surface area is 98.7 Å². The molecule has 0 amide bonds. The van der Waals surface area contributed by atoms with Crippen LogP contribution in [-0.4, -0.2) is 83.1 Å². The monoisotopic (exact) mass is 249 g/mol. The van der Waals surface area contributed by atoms with Gasteiger partial charge in [0.1, 0.15) is 9.84 Å². The van der Waals surface area contributed by atoms with Crippen LogP contribution < -0.4 is 5.32 Å². The van der Waals surface area contributed by atoms with Gasteiger partial charge in [-0.2, -0.15) is 0 Å². The fourth-order valence-electron chi connectivity index (χ4n) is 1.85. The number of sulfone groups is 1. The molecule has 0 aromatic rings. The van der Waals surface area contributed by atoms with E-state index in [1.165, 1.54) is 6.26 Å². The van der Waals surface area contributed by atoms with Crippen LogP contribution in [0.1, 0.15) is 0 Å². The number of nitrogens with one attached hydrogen (secondary N) is 1. The third kappa shape index (κ3) is 5.25. The molecule has 0 bridgehead atoms. The number of rotatable bonds is 5. The van der Waals surface area contributed by atoms with Crippen LogP contribution in [0.15, 0.2) is 0 Å². The van der Waals surface area contributed by atoms with Crippen molar-refractivity contribution in [2.24, 2.45) is 0 Å². The maximum atomic E-state index is 10.9. The molecule has 0 spiro atoms. The number of hydrogen-bond donors (Lipinski definition) is 1. The number of nitrogens with zero attached hydrogens (tertiary/aromatic N) is 2. The van der Waals surface area contributed by atoms with Crippen LogP contribution in [0.4, 0.5) is 0 Å². The molecule has 1 fully saturated rings. The smallest absolute Gasteiger partial charge is 0.148 e. The third-order valence-electron chi connectivity index (χ3n) is 3.01. The number of piperazine rings is 1. The molecule has 1 saturated heterocycles. The van der Waals surface area contributed by atoms with Gasteiger partial charge in [0.05, 0.1) is 5.75 Å². The Balaban J connectivity index is 2.21. The van der Waals surface area contributed by atoms with E-state index in [2.05, 4.69) is 29.2 Å². The van der Waals surface area contributed by atoms with Crippen molar-refractivity contribution in [3.05, 3.63) is 0 Å². The predicted molar refractivity (Wildman–Crippen MR) is 66.5 cm³/mol. The van der Waals surface area contributed by atoms with Crippen LogP contribution >= 0.6 is 0 Å². The minimum atomic E-state index is -2.84. The largest absolute Gasteiger partial charge is 0.314 e. The van der Waals surface area contributed by atoms with Crippen molar-refractivity contribution in [3.63, 3.8) is 0 Å². The average Bonchev–Trinajstić information content (AvgIpc) is 2.16. The summed E-state index contributed by atoms with van der Waals surface area (Å²) in [5.41, 5.74) is 0. The molecule has 0 aromatic carbocycles. The summed E-state index contributed by atoms with van der Waals surface area (Å²) in [4.78, 5) is 4.64. The van der Waals surface area contributed by atoms with E-state index in [4.69, 9.17) is 0 Å². The van der Waals surface area contributed by atoms with E-state index in [0.717, 1.165) is 26.2 Å². The summed E-state index contributed by atoms with van der Waals surface area (Å²) in [7, 11) is 1.40. The molecule has 5 nitrogen and oxygen atoms in total. The van der Waals surface area contributed by atoms with Gasteiger partial charge in [0.15, 0.2) is 0 Å². The van der Waals surface area contributed by atoms with Crippen LogP contribution in [0, 0.1) is 0 Å². The zero-order chi connectivity index (χ0) is 12.2. The molecule has 1 rings (SSSR count). The lowest BCUT2D eigenvalue weighted by molar-refractivity contribution is 0.114. The maximum absolute atomic E-state index is 10.9. The third-order valence-corrected chi connectivity index (χ3v) is 3.96. The van der Waals surface area contributed by atoms with Crippen molar-refractivity contribution in [1.29, 1.82) is 0 Å². The Morgan fingerprint density at radius 1 is 1.31 bits per heavy atom. The Kier molecular flexibility index (Phi) is 5.17. The molecule has 0 saturated carbocycles. The van der Waals surface area contributed by atoms with Gasteiger partial charge < -0.3 is 10.2 Å². The van der Waals surface area contributed by atoms with Crippen molar-refractivity contribution in [1.82, 2.24) is 15.1 Å². The van der Waals surface area contributed by atoms with Crippen molar-refractivity contribution in [3.8, 4) is 0 Å². The van der Waals surface area contributed by atoms with Gasteiger partial charge in [0.2, 0.25) is 0 Å². The Morgan fingerprint density at radius 2 is 2.00 bits per heavy atom. The molecular formula is C10H23N3O2S. The summed E-state index contributed by atoms with van der Waals surface area (Å²) in [6.07, 6.45) is 1.27. The van der Waals surface area contributed by atoms with Crippen molar-refractivity contribution in [2.75, 3.05) is 58.8 Å². The van der Waals surface area contributed by atoms with Gasteiger partial charge in [-0.05, 0) is 14.1 Å². The molecule has 1 atom stereocenters. The Hall–Kier alpha value is -0.170. The highest BCUT2D eigenvalue weighted by Crippen LogP contribution is 2.04. The quantitative estimate of drug-likeness (QED) is 0.625. The molecule has 6 heteroatoms. The van der Waals surface area contributed by atoms with Gasteiger partial charge in [0, 0.05) is 45.0 Å². The first-order chi connectivity index (χ1) is 7.38. The van der Waals surface area contributed by atoms with Crippen LogP contribution in [0.5, 0.6) is 0 Å². The number of hydrogen-bond acceptors (Lipinski definition) is 5. The topological polar surface area (TPSA) is 52.6 Å². The van der Waals surface area contributed by atoms with Crippen molar-refractivity contribution >= 4 is 9.84 Å². The molecule has 1 unspecified atom stereocenters. The molecule has 0 aliphatic carbocycles. The minimum Gasteiger partial charge on any atom is -0.314 e. The van der Waals surface area contributed by atoms with Crippen molar-refractivity contribution in [2.45, 2.75) is 6.04 Å². The van der Waals surface area contributed by atoms with E-state index in [1.807, 2.05) is 0 Å². The van der Waals surface area contributed by atoms with Gasteiger partial charge in [-0.1, -0.05) is 0 Å². The van der Waals surface area contributed by atoms with E-state index >= 15 is 0 Å². The molecular weight excluding hydrogens is 226 g/mol. The van der Waals surface area contributed by atoms with E-state index in [0.29, 0.717) is 12.6 Å². The van der Waals surface area contributed by atoms with Crippen LogP contribution in [0.25, 0.3) is 0 Å². The summed E-state index contributed by atoms with van der Waals surface area (Å²) in [5.74, 6) is 0.222. The van der Waals surface area contributed by atoms with Gasteiger partial charge in [0.25, 0.3) is 0 Å². The summed E-state index contributed by atoms with van der Waals surface area (Å²) in [6.45, 7) is 4.64. The zero-order valence-electron chi connectivity index (χ0n) is 10.4. The fraction of sp³-hybridized carbons (Fsp3) is 1.00. The molecule has 96 valence electrons. The van der Waals surface area contributed by atoms with E-state index in [9.17, 15) is 8.42 Å². The molecule has 0 radical (unpaired) electrons. The molecule has 1 heterocycles. The molecule has 1 aliphatic rings. The second-order valence-electron chi connectivity index (χ2n) is 4.73. The summed E-state index contributed by atoms with van der Waals surface area (Å²) >= 11 is 0. The van der Waals surface area contributed by atoms with Crippen molar-refractivity contribution < 1.29 is 8.42 Å². The molecule has 16 heavy (non-hydrogen) atoms. The first kappa shape index (κ1) is 13.9. The van der Waals surface area contributed by atoms with E-state index in [1.54, 1.807) is 0 Å². The molecule has 1 aliphatic heterocycles.